The van der Waals surface area contributed by atoms with Crippen LogP contribution >= 0.6 is 11.3 Å². The Hall–Kier alpha value is -1.90. The van der Waals surface area contributed by atoms with Crippen molar-refractivity contribution in [2.45, 2.75) is 42.9 Å². The van der Waals surface area contributed by atoms with Gasteiger partial charge in [0.05, 0.1) is 6.61 Å². The fraction of sp³-hybridized carbons (Fsp3) is 0.450. The number of carbonyl (C=O) groups excluding carboxylic acids is 1. The molecule has 0 aliphatic carbocycles. The highest BCUT2D eigenvalue weighted by Gasteiger charge is 2.27. The number of rotatable bonds is 8. The van der Waals surface area contributed by atoms with Gasteiger partial charge in [0.25, 0.3) is 5.91 Å². The van der Waals surface area contributed by atoms with Gasteiger partial charge in [-0.25, -0.2) is 13.1 Å². The summed E-state index contributed by atoms with van der Waals surface area (Å²) in [7, 11) is -3.47. The lowest BCUT2D eigenvalue weighted by Gasteiger charge is -2.32. The molecule has 28 heavy (non-hydrogen) atoms. The van der Waals surface area contributed by atoms with Crippen LogP contribution in [-0.4, -0.2) is 45.0 Å². The number of sulfonamides is 1. The highest BCUT2D eigenvalue weighted by Crippen LogP contribution is 2.20. The Bertz CT molecular complexity index is 856. The maximum atomic E-state index is 12.7. The summed E-state index contributed by atoms with van der Waals surface area (Å²) in [5.41, 5.74) is 0.625. The minimum Gasteiger partial charge on any atom is -0.494 e. The fourth-order valence-electron chi connectivity index (χ4n) is 3.10. The van der Waals surface area contributed by atoms with E-state index in [1.54, 1.807) is 34.5 Å². The molecule has 3 rings (SSSR count). The van der Waals surface area contributed by atoms with E-state index < -0.39 is 10.0 Å². The normalized spacial score (nSPS) is 15.5. The van der Waals surface area contributed by atoms with Crippen molar-refractivity contribution in [1.82, 2.24) is 9.62 Å². The first-order valence-corrected chi connectivity index (χ1v) is 11.9. The average molecular weight is 423 g/mol. The largest absolute Gasteiger partial charge is 0.494 e. The van der Waals surface area contributed by atoms with Crippen molar-refractivity contribution in [1.29, 1.82) is 0 Å². The first-order chi connectivity index (χ1) is 13.5. The monoisotopic (exact) mass is 422 g/mol. The Morgan fingerprint density at radius 2 is 1.93 bits per heavy atom. The Kier molecular flexibility index (Phi) is 7.09. The van der Waals surface area contributed by atoms with E-state index in [2.05, 4.69) is 11.6 Å². The molecule has 0 radical (unpaired) electrons. The van der Waals surface area contributed by atoms with Gasteiger partial charge in [-0.05, 0) is 55.0 Å². The molecule has 0 unspecified atom stereocenters. The van der Waals surface area contributed by atoms with Gasteiger partial charge in [0.15, 0.2) is 0 Å². The van der Waals surface area contributed by atoms with Crippen molar-refractivity contribution in [3.63, 3.8) is 0 Å². The number of hydrogen-bond acceptors (Lipinski definition) is 5. The van der Waals surface area contributed by atoms with Gasteiger partial charge in [-0.2, -0.15) is 0 Å². The van der Waals surface area contributed by atoms with E-state index in [1.165, 1.54) is 11.3 Å². The summed E-state index contributed by atoms with van der Waals surface area (Å²) in [5, 5.41) is 1.75. The molecule has 1 aliphatic rings. The highest BCUT2D eigenvalue weighted by atomic mass is 32.2. The van der Waals surface area contributed by atoms with Crippen molar-refractivity contribution in [2.75, 3.05) is 19.7 Å². The molecule has 1 aromatic heterocycles. The van der Waals surface area contributed by atoms with Crippen molar-refractivity contribution >= 4 is 27.3 Å². The zero-order valence-corrected chi connectivity index (χ0v) is 17.6. The predicted molar refractivity (Wildman–Crippen MR) is 110 cm³/mol. The van der Waals surface area contributed by atoms with E-state index in [9.17, 15) is 13.2 Å². The number of benzene rings is 1. The zero-order valence-electron chi connectivity index (χ0n) is 16.0. The maximum absolute atomic E-state index is 12.7. The van der Waals surface area contributed by atoms with E-state index >= 15 is 0 Å². The number of nitrogens with zero attached hydrogens (tertiary/aromatic N) is 1. The van der Waals surface area contributed by atoms with Crippen LogP contribution in [0.5, 0.6) is 5.75 Å². The zero-order chi connectivity index (χ0) is 20.0. The lowest BCUT2D eigenvalue weighted by Crippen LogP contribution is -2.46. The Labute approximate surface area is 170 Å². The molecule has 2 aromatic rings. The lowest BCUT2D eigenvalue weighted by atomic mass is 10.0. The van der Waals surface area contributed by atoms with Crippen molar-refractivity contribution in [2.24, 2.45) is 0 Å². The van der Waals surface area contributed by atoms with E-state index in [1.807, 2.05) is 12.1 Å². The molecular weight excluding hydrogens is 396 g/mol. The van der Waals surface area contributed by atoms with Gasteiger partial charge >= 0.3 is 0 Å². The summed E-state index contributed by atoms with van der Waals surface area (Å²) < 4.78 is 33.4. The summed E-state index contributed by atoms with van der Waals surface area (Å²) in [5.74, 6) is 0.742. The Balaban J connectivity index is 1.51. The molecule has 1 aromatic carbocycles. The van der Waals surface area contributed by atoms with Crippen molar-refractivity contribution in [3.05, 3.63) is 47.3 Å². The highest BCUT2D eigenvalue weighted by molar-refractivity contribution is 7.91. The molecule has 1 fully saturated rings. The van der Waals surface area contributed by atoms with Crippen molar-refractivity contribution < 1.29 is 17.9 Å². The average Bonchev–Trinajstić information content (AvgIpc) is 3.25. The van der Waals surface area contributed by atoms with Crippen LogP contribution in [0.25, 0.3) is 0 Å². The lowest BCUT2D eigenvalue weighted by molar-refractivity contribution is 0.0711. The number of thiophene rings is 1. The van der Waals surface area contributed by atoms with E-state index in [0.717, 1.165) is 18.6 Å². The third kappa shape index (κ3) is 5.33. The van der Waals surface area contributed by atoms with Gasteiger partial charge in [0.2, 0.25) is 10.0 Å². The quantitative estimate of drug-likeness (QED) is 0.661. The molecule has 0 atom stereocenters. The first-order valence-electron chi connectivity index (χ1n) is 9.57. The molecule has 8 heteroatoms. The van der Waals surface area contributed by atoms with Gasteiger partial charge in [-0.1, -0.05) is 19.4 Å². The Morgan fingerprint density at radius 1 is 1.21 bits per heavy atom. The van der Waals surface area contributed by atoms with Crippen LogP contribution in [-0.2, 0) is 10.0 Å². The molecule has 1 amide bonds. The van der Waals surface area contributed by atoms with Gasteiger partial charge in [0, 0.05) is 24.7 Å². The van der Waals surface area contributed by atoms with Gasteiger partial charge < -0.3 is 9.64 Å². The second kappa shape index (κ2) is 9.54. The van der Waals surface area contributed by atoms with E-state index in [0.29, 0.717) is 42.3 Å². The number of likely N-dealkylation sites (tertiary alicyclic amines) is 1. The van der Waals surface area contributed by atoms with Crippen LogP contribution in [0.3, 0.4) is 0 Å². The van der Waals surface area contributed by atoms with Gasteiger partial charge in [0.1, 0.15) is 9.96 Å². The van der Waals surface area contributed by atoms with Crippen LogP contribution in [0.2, 0.25) is 0 Å². The minimum absolute atomic E-state index is 0.0281. The molecule has 0 saturated carbocycles. The predicted octanol–water partition coefficient (Wildman–Crippen LogP) is 3.51. The molecule has 0 bridgehead atoms. The fourth-order valence-corrected chi connectivity index (χ4v) is 5.42. The molecule has 0 spiro atoms. The number of amides is 1. The first kappa shape index (κ1) is 20.8. The summed E-state index contributed by atoms with van der Waals surface area (Å²) in [6.07, 6.45) is 3.30. The molecule has 152 valence electrons. The topological polar surface area (TPSA) is 75.7 Å². The standard InChI is InChI=1S/C20H26N2O4S2/c1-2-3-14-26-18-8-6-16(7-9-18)20(23)22-12-10-17(11-13-22)21-28(24,25)19-5-4-15-27-19/h4-9,15,17,21H,2-3,10-14H2,1H3. The second-order valence-electron chi connectivity index (χ2n) is 6.85. The summed E-state index contributed by atoms with van der Waals surface area (Å²) >= 11 is 1.20. The van der Waals surface area contributed by atoms with Crippen LogP contribution < -0.4 is 9.46 Å². The van der Waals surface area contributed by atoms with Crippen LogP contribution in [0.1, 0.15) is 43.0 Å². The molecule has 1 aliphatic heterocycles. The maximum Gasteiger partial charge on any atom is 0.253 e. The number of hydrogen-bond donors (Lipinski definition) is 1. The molecular formula is C20H26N2O4S2. The molecule has 2 heterocycles. The summed E-state index contributed by atoms with van der Waals surface area (Å²) in [4.78, 5) is 14.5. The van der Waals surface area contributed by atoms with Gasteiger partial charge in [-0.15, -0.1) is 11.3 Å². The number of carbonyl (C=O) groups is 1. The van der Waals surface area contributed by atoms with Crippen molar-refractivity contribution in [3.8, 4) is 5.75 Å². The number of piperidine rings is 1. The van der Waals surface area contributed by atoms with Crippen LogP contribution in [0, 0.1) is 0 Å². The van der Waals surface area contributed by atoms with Crippen LogP contribution in [0.4, 0.5) is 0 Å². The van der Waals surface area contributed by atoms with E-state index in [-0.39, 0.29) is 11.9 Å². The van der Waals surface area contributed by atoms with Gasteiger partial charge in [-0.3, -0.25) is 4.79 Å². The summed E-state index contributed by atoms with van der Waals surface area (Å²) in [6.45, 7) is 3.86. The summed E-state index contributed by atoms with van der Waals surface area (Å²) in [6, 6.07) is 10.4. The van der Waals surface area contributed by atoms with Crippen LogP contribution in [0.15, 0.2) is 46.0 Å². The number of ether oxygens (including phenoxy) is 1. The molecule has 1 N–H and O–H groups in total. The third-order valence-corrected chi connectivity index (χ3v) is 7.65. The molecule has 6 nitrogen and oxygen atoms in total. The number of nitrogens with one attached hydrogen (secondary N) is 1. The smallest absolute Gasteiger partial charge is 0.253 e. The molecule has 1 saturated heterocycles. The SMILES string of the molecule is CCCCOc1ccc(C(=O)N2CCC(NS(=O)(=O)c3cccs3)CC2)cc1. The third-order valence-electron chi connectivity index (χ3n) is 4.73. The number of unbranched alkanes of at least 4 members (excludes halogenated alkanes) is 1. The minimum atomic E-state index is -3.47. The van der Waals surface area contributed by atoms with E-state index in [4.69, 9.17) is 4.74 Å². The second-order valence-corrected chi connectivity index (χ2v) is 9.73. The Morgan fingerprint density at radius 3 is 2.54 bits per heavy atom.